The third kappa shape index (κ3) is 4.61. The largest absolute Gasteiger partial charge is 0.490 e. The van der Waals surface area contributed by atoms with E-state index < -0.39 is 6.48 Å². The Hall–Kier alpha value is -1.46. The Morgan fingerprint density at radius 3 is 2.21 bits per heavy atom. The Morgan fingerprint density at radius 1 is 0.947 bits per heavy atom. The van der Waals surface area contributed by atoms with Crippen LogP contribution in [0.15, 0.2) is 18.2 Å². The highest BCUT2D eigenvalue weighted by Crippen LogP contribution is 2.37. The molecular weight excluding hydrogens is 248 g/mol. The fraction of sp³-hybridized carbons (Fsp3) is 0.571. The molecule has 108 valence electrons. The first-order chi connectivity index (χ1) is 9.26. The van der Waals surface area contributed by atoms with Gasteiger partial charge in [-0.2, -0.15) is 0 Å². The molecule has 0 radical (unpaired) electrons. The minimum absolute atomic E-state index is 0.494. The Morgan fingerprint density at radius 2 is 1.63 bits per heavy atom. The van der Waals surface area contributed by atoms with Crippen molar-refractivity contribution in [1.82, 2.24) is 0 Å². The quantitative estimate of drug-likeness (QED) is 0.646. The van der Waals surface area contributed by atoms with Crippen molar-refractivity contribution in [3.05, 3.63) is 18.2 Å². The summed E-state index contributed by atoms with van der Waals surface area (Å²) in [6, 6.07) is 5.46. The zero-order valence-corrected chi connectivity index (χ0v) is 12.0. The average Bonchev–Trinajstić information content (AvgIpc) is 2.42. The van der Waals surface area contributed by atoms with Crippen molar-refractivity contribution in [2.45, 2.75) is 27.2 Å². The number of ether oxygens (including phenoxy) is 5. The summed E-state index contributed by atoms with van der Waals surface area (Å²) >= 11 is 0. The van der Waals surface area contributed by atoms with Crippen LogP contribution in [0.3, 0.4) is 0 Å². The molecule has 0 fully saturated rings. The molecule has 1 aromatic rings. The molecule has 0 N–H and O–H groups in total. The van der Waals surface area contributed by atoms with Crippen LogP contribution < -0.4 is 14.2 Å². The number of methoxy groups -OCH3 is 1. The predicted molar refractivity (Wildman–Crippen MR) is 71.8 cm³/mol. The molecule has 0 aliphatic heterocycles. The van der Waals surface area contributed by atoms with Gasteiger partial charge in [0.2, 0.25) is 5.75 Å². The van der Waals surface area contributed by atoms with E-state index in [4.69, 9.17) is 23.7 Å². The molecule has 0 aliphatic rings. The molecule has 19 heavy (non-hydrogen) atoms. The molecule has 1 aromatic carbocycles. The van der Waals surface area contributed by atoms with Gasteiger partial charge in [0, 0.05) is 7.11 Å². The van der Waals surface area contributed by atoms with Crippen LogP contribution in [0.1, 0.15) is 20.8 Å². The van der Waals surface area contributed by atoms with Gasteiger partial charge >= 0.3 is 6.48 Å². The Kier molecular flexibility index (Phi) is 7.07. The van der Waals surface area contributed by atoms with E-state index in [-0.39, 0.29) is 0 Å². The van der Waals surface area contributed by atoms with Crippen molar-refractivity contribution in [3.8, 4) is 17.2 Å². The van der Waals surface area contributed by atoms with Crippen molar-refractivity contribution in [1.29, 1.82) is 0 Å². The van der Waals surface area contributed by atoms with Gasteiger partial charge in [-0.05, 0) is 32.9 Å². The molecular formula is C14H22O5. The summed E-state index contributed by atoms with van der Waals surface area (Å²) in [6.07, 6.45) is 0. The van der Waals surface area contributed by atoms with Gasteiger partial charge < -0.3 is 23.7 Å². The first-order valence-corrected chi connectivity index (χ1v) is 6.46. The summed E-state index contributed by atoms with van der Waals surface area (Å²) in [6.45, 7) is 6.50. The summed E-state index contributed by atoms with van der Waals surface area (Å²) in [7, 11) is 1.52. The molecule has 1 atom stereocenters. The first kappa shape index (κ1) is 15.6. The first-order valence-electron chi connectivity index (χ1n) is 6.46. The van der Waals surface area contributed by atoms with E-state index in [1.54, 1.807) is 6.07 Å². The van der Waals surface area contributed by atoms with Gasteiger partial charge in [0.25, 0.3) is 0 Å². The van der Waals surface area contributed by atoms with Gasteiger partial charge in [-0.25, -0.2) is 0 Å². The van der Waals surface area contributed by atoms with Gasteiger partial charge in [-0.1, -0.05) is 6.07 Å². The molecule has 0 aromatic heterocycles. The Bertz CT molecular complexity index is 367. The molecule has 0 spiro atoms. The highest BCUT2D eigenvalue weighted by atomic mass is 16.8. The second-order valence-corrected chi connectivity index (χ2v) is 3.55. The number of rotatable bonds is 9. The molecule has 0 amide bonds. The molecule has 0 bridgehead atoms. The van der Waals surface area contributed by atoms with Crippen LogP contribution in [0.25, 0.3) is 0 Å². The lowest BCUT2D eigenvalue weighted by atomic mass is 10.3. The predicted octanol–water partition coefficient (Wildman–Crippen LogP) is 2.83. The van der Waals surface area contributed by atoms with E-state index in [1.165, 1.54) is 7.11 Å². The Labute approximate surface area is 114 Å². The van der Waals surface area contributed by atoms with Crippen molar-refractivity contribution in [3.63, 3.8) is 0 Å². The fourth-order valence-corrected chi connectivity index (χ4v) is 1.53. The topological polar surface area (TPSA) is 46.2 Å². The van der Waals surface area contributed by atoms with Crippen molar-refractivity contribution >= 4 is 0 Å². The maximum atomic E-state index is 5.63. The van der Waals surface area contributed by atoms with E-state index in [1.807, 2.05) is 32.9 Å². The van der Waals surface area contributed by atoms with E-state index in [9.17, 15) is 0 Å². The Balaban J connectivity index is 2.93. The van der Waals surface area contributed by atoms with Gasteiger partial charge in [0.1, 0.15) is 0 Å². The summed E-state index contributed by atoms with van der Waals surface area (Å²) in [5.41, 5.74) is 0. The number of benzene rings is 1. The SMILES string of the molecule is CCOc1cccc(OC(OC)OCC)c1OCC. The summed E-state index contributed by atoms with van der Waals surface area (Å²) in [5.74, 6) is 1.75. The van der Waals surface area contributed by atoms with Crippen molar-refractivity contribution < 1.29 is 23.7 Å². The third-order valence-electron chi connectivity index (χ3n) is 2.25. The molecule has 0 aliphatic carbocycles. The van der Waals surface area contributed by atoms with Crippen molar-refractivity contribution in [2.75, 3.05) is 26.9 Å². The third-order valence-corrected chi connectivity index (χ3v) is 2.25. The van der Waals surface area contributed by atoms with Crippen LogP contribution in [0.2, 0.25) is 0 Å². The smallest absolute Gasteiger partial charge is 0.315 e. The molecule has 0 saturated carbocycles. The van der Waals surface area contributed by atoms with Crippen LogP contribution in [-0.4, -0.2) is 33.4 Å². The standard InChI is InChI=1S/C14H22O5/c1-5-16-11-9-8-10-12(13(11)17-6-2)19-14(15-4)18-7-3/h8-10,14H,5-7H2,1-4H3. The van der Waals surface area contributed by atoms with Gasteiger partial charge in [-0.15, -0.1) is 0 Å². The van der Waals surface area contributed by atoms with E-state index in [0.29, 0.717) is 37.1 Å². The minimum atomic E-state index is -0.763. The summed E-state index contributed by atoms with van der Waals surface area (Å²) < 4.78 is 27.1. The summed E-state index contributed by atoms with van der Waals surface area (Å²) in [5, 5.41) is 0. The molecule has 5 heteroatoms. The maximum absolute atomic E-state index is 5.63. The van der Waals surface area contributed by atoms with E-state index in [0.717, 1.165) is 0 Å². The lowest BCUT2D eigenvalue weighted by Gasteiger charge is -2.20. The second-order valence-electron chi connectivity index (χ2n) is 3.55. The monoisotopic (exact) mass is 270 g/mol. The van der Waals surface area contributed by atoms with Crippen LogP contribution in [0.5, 0.6) is 17.2 Å². The van der Waals surface area contributed by atoms with E-state index in [2.05, 4.69) is 0 Å². The lowest BCUT2D eigenvalue weighted by Crippen LogP contribution is -2.23. The highest BCUT2D eigenvalue weighted by molar-refractivity contribution is 5.51. The number of para-hydroxylation sites is 1. The van der Waals surface area contributed by atoms with Gasteiger partial charge in [0.15, 0.2) is 11.5 Å². The molecule has 1 rings (SSSR count). The van der Waals surface area contributed by atoms with Crippen LogP contribution in [0.4, 0.5) is 0 Å². The average molecular weight is 270 g/mol. The molecule has 0 heterocycles. The highest BCUT2D eigenvalue weighted by Gasteiger charge is 2.16. The van der Waals surface area contributed by atoms with E-state index >= 15 is 0 Å². The minimum Gasteiger partial charge on any atom is -0.490 e. The fourth-order valence-electron chi connectivity index (χ4n) is 1.53. The van der Waals surface area contributed by atoms with Crippen LogP contribution >= 0.6 is 0 Å². The molecule has 0 saturated heterocycles. The number of hydrogen-bond donors (Lipinski definition) is 0. The number of hydrogen-bond acceptors (Lipinski definition) is 5. The zero-order chi connectivity index (χ0) is 14.1. The van der Waals surface area contributed by atoms with Crippen molar-refractivity contribution in [2.24, 2.45) is 0 Å². The summed E-state index contributed by atoms with van der Waals surface area (Å²) in [4.78, 5) is 0. The van der Waals surface area contributed by atoms with Gasteiger partial charge in [0.05, 0.1) is 19.8 Å². The molecule has 5 nitrogen and oxygen atoms in total. The van der Waals surface area contributed by atoms with Crippen LogP contribution in [-0.2, 0) is 9.47 Å². The zero-order valence-electron chi connectivity index (χ0n) is 12.0. The second kappa shape index (κ2) is 8.61. The maximum Gasteiger partial charge on any atom is 0.315 e. The molecule has 1 unspecified atom stereocenters. The van der Waals surface area contributed by atoms with Crippen LogP contribution in [0, 0.1) is 0 Å². The van der Waals surface area contributed by atoms with Gasteiger partial charge in [-0.3, -0.25) is 0 Å². The normalized spacial score (nSPS) is 12.0. The lowest BCUT2D eigenvalue weighted by molar-refractivity contribution is -0.231.